The lowest BCUT2D eigenvalue weighted by atomic mass is 10.3. The standard InChI is InChI=1S/C11H22N4S/c1-8(2)15-11(10(12)9(3)14-15)13-6-5-7-16-4/h8,13H,5-7,12H2,1-4H3. The summed E-state index contributed by atoms with van der Waals surface area (Å²) in [5, 5.41) is 7.81. The molecule has 1 heterocycles. The van der Waals surface area contributed by atoms with Crippen LogP contribution in [0, 0.1) is 6.92 Å². The van der Waals surface area contributed by atoms with Crippen molar-refractivity contribution >= 4 is 23.3 Å². The van der Waals surface area contributed by atoms with E-state index in [0.717, 1.165) is 30.2 Å². The van der Waals surface area contributed by atoms with Crippen LogP contribution in [0.1, 0.15) is 32.0 Å². The molecule has 1 rings (SSSR count). The number of nitrogens with zero attached hydrogens (tertiary/aromatic N) is 2. The van der Waals surface area contributed by atoms with E-state index < -0.39 is 0 Å². The fraction of sp³-hybridized carbons (Fsp3) is 0.727. The average molecular weight is 242 g/mol. The minimum atomic E-state index is 0.332. The molecule has 5 heteroatoms. The highest BCUT2D eigenvalue weighted by Crippen LogP contribution is 2.25. The summed E-state index contributed by atoms with van der Waals surface area (Å²) in [6, 6.07) is 0.332. The van der Waals surface area contributed by atoms with E-state index in [2.05, 4.69) is 30.5 Å². The van der Waals surface area contributed by atoms with E-state index in [1.165, 1.54) is 5.75 Å². The molecule has 0 amide bonds. The Labute approximate surface area is 102 Å². The van der Waals surface area contributed by atoms with Gasteiger partial charge in [0.15, 0.2) is 0 Å². The van der Waals surface area contributed by atoms with Gasteiger partial charge in [0.25, 0.3) is 0 Å². The summed E-state index contributed by atoms with van der Waals surface area (Å²) >= 11 is 1.86. The smallest absolute Gasteiger partial charge is 0.148 e. The molecule has 0 bridgehead atoms. The number of nitrogens with one attached hydrogen (secondary N) is 1. The van der Waals surface area contributed by atoms with Crippen LogP contribution in [0.3, 0.4) is 0 Å². The molecule has 16 heavy (non-hydrogen) atoms. The molecule has 1 aromatic rings. The number of nitrogen functional groups attached to an aromatic ring is 1. The molecule has 0 unspecified atom stereocenters. The zero-order valence-electron chi connectivity index (χ0n) is 10.6. The summed E-state index contributed by atoms with van der Waals surface area (Å²) in [7, 11) is 0. The first kappa shape index (κ1) is 13.2. The first-order valence-electron chi connectivity index (χ1n) is 5.65. The fourth-order valence-corrected chi connectivity index (χ4v) is 1.97. The van der Waals surface area contributed by atoms with E-state index in [1.807, 2.05) is 23.4 Å². The molecule has 0 atom stereocenters. The van der Waals surface area contributed by atoms with Crippen molar-refractivity contribution < 1.29 is 0 Å². The van der Waals surface area contributed by atoms with E-state index in [4.69, 9.17) is 5.73 Å². The molecule has 0 aromatic carbocycles. The third-order valence-corrected chi connectivity index (χ3v) is 3.14. The van der Waals surface area contributed by atoms with Gasteiger partial charge >= 0.3 is 0 Å². The highest BCUT2D eigenvalue weighted by molar-refractivity contribution is 7.98. The van der Waals surface area contributed by atoms with Crippen molar-refractivity contribution in [3.8, 4) is 0 Å². The van der Waals surface area contributed by atoms with Gasteiger partial charge in [0.05, 0.1) is 11.4 Å². The lowest BCUT2D eigenvalue weighted by molar-refractivity contribution is 0.534. The Bertz CT molecular complexity index is 333. The molecule has 3 N–H and O–H groups in total. The minimum Gasteiger partial charge on any atom is -0.394 e. The number of nitrogens with two attached hydrogens (primary N) is 1. The molecule has 92 valence electrons. The summed E-state index contributed by atoms with van der Waals surface area (Å²) in [5.41, 5.74) is 7.68. The number of aryl methyl sites for hydroxylation is 1. The van der Waals surface area contributed by atoms with Crippen molar-refractivity contribution in [2.45, 2.75) is 33.2 Å². The van der Waals surface area contributed by atoms with Gasteiger partial charge in [-0.3, -0.25) is 0 Å². The van der Waals surface area contributed by atoms with Crippen molar-refractivity contribution in [3.63, 3.8) is 0 Å². The normalized spacial score (nSPS) is 11.1. The Kier molecular flexibility index (Phi) is 4.99. The second-order valence-electron chi connectivity index (χ2n) is 4.16. The van der Waals surface area contributed by atoms with Gasteiger partial charge in [-0.15, -0.1) is 0 Å². The third-order valence-electron chi connectivity index (χ3n) is 2.44. The number of thioether (sulfide) groups is 1. The second-order valence-corrected chi connectivity index (χ2v) is 5.14. The molecule has 0 saturated carbocycles. The van der Waals surface area contributed by atoms with Gasteiger partial charge in [0.1, 0.15) is 5.82 Å². The van der Waals surface area contributed by atoms with Gasteiger partial charge in [0.2, 0.25) is 0 Å². The highest BCUT2D eigenvalue weighted by atomic mass is 32.2. The maximum Gasteiger partial charge on any atom is 0.148 e. The van der Waals surface area contributed by atoms with Gasteiger partial charge in [-0.05, 0) is 39.2 Å². The fourth-order valence-electron chi connectivity index (χ4n) is 1.53. The maximum atomic E-state index is 6.00. The van der Waals surface area contributed by atoms with Gasteiger partial charge in [-0.25, -0.2) is 4.68 Å². The lowest BCUT2D eigenvalue weighted by Crippen LogP contribution is -2.12. The molecule has 0 spiro atoms. The summed E-state index contributed by atoms with van der Waals surface area (Å²) in [5.74, 6) is 2.13. The number of hydrogen-bond donors (Lipinski definition) is 2. The van der Waals surface area contributed by atoms with Crippen LogP contribution in [0.15, 0.2) is 0 Å². The Hall–Kier alpha value is -0.840. The van der Waals surface area contributed by atoms with Gasteiger partial charge in [0, 0.05) is 12.6 Å². The predicted octanol–water partition coefficient (Wildman–Crippen LogP) is 2.52. The van der Waals surface area contributed by atoms with Crippen LogP contribution in [0.2, 0.25) is 0 Å². The topological polar surface area (TPSA) is 55.9 Å². The predicted molar refractivity (Wildman–Crippen MR) is 73.3 cm³/mol. The van der Waals surface area contributed by atoms with Crippen LogP contribution >= 0.6 is 11.8 Å². The molecular formula is C11H22N4S. The van der Waals surface area contributed by atoms with Crippen LogP contribution in [0.5, 0.6) is 0 Å². The van der Waals surface area contributed by atoms with Crippen molar-refractivity contribution in [2.24, 2.45) is 0 Å². The van der Waals surface area contributed by atoms with Crippen molar-refractivity contribution in [1.82, 2.24) is 9.78 Å². The Morgan fingerprint density at radius 3 is 2.75 bits per heavy atom. The van der Waals surface area contributed by atoms with Crippen LogP contribution in [-0.4, -0.2) is 28.3 Å². The third kappa shape index (κ3) is 3.07. The molecule has 0 aliphatic rings. The Morgan fingerprint density at radius 1 is 1.50 bits per heavy atom. The number of anilines is 2. The summed E-state index contributed by atoms with van der Waals surface area (Å²) in [4.78, 5) is 0. The van der Waals surface area contributed by atoms with Crippen LogP contribution in [0.4, 0.5) is 11.5 Å². The molecule has 1 aromatic heterocycles. The van der Waals surface area contributed by atoms with E-state index in [1.54, 1.807) is 0 Å². The molecular weight excluding hydrogens is 220 g/mol. The number of rotatable bonds is 6. The van der Waals surface area contributed by atoms with Gasteiger partial charge in [-0.1, -0.05) is 0 Å². The van der Waals surface area contributed by atoms with Crippen LogP contribution < -0.4 is 11.1 Å². The quantitative estimate of drug-likeness (QED) is 0.753. The molecule has 0 fully saturated rings. The minimum absolute atomic E-state index is 0.332. The summed E-state index contributed by atoms with van der Waals surface area (Å²) in [6.07, 6.45) is 3.26. The maximum absolute atomic E-state index is 6.00. The van der Waals surface area contributed by atoms with E-state index in [-0.39, 0.29) is 0 Å². The second kappa shape index (κ2) is 6.03. The largest absolute Gasteiger partial charge is 0.394 e. The SMILES string of the molecule is CSCCCNc1c(N)c(C)nn1C(C)C. The van der Waals surface area contributed by atoms with E-state index in [0.29, 0.717) is 6.04 Å². The van der Waals surface area contributed by atoms with Crippen molar-refractivity contribution in [1.29, 1.82) is 0 Å². The van der Waals surface area contributed by atoms with Gasteiger partial charge < -0.3 is 11.1 Å². The first-order chi connectivity index (χ1) is 7.57. The first-order valence-corrected chi connectivity index (χ1v) is 7.04. The van der Waals surface area contributed by atoms with Crippen LogP contribution in [-0.2, 0) is 0 Å². The average Bonchev–Trinajstić information content (AvgIpc) is 2.52. The highest BCUT2D eigenvalue weighted by Gasteiger charge is 2.13. The van der Waals surface area contributed by atoms with Crippen LogP contribution in [0.25, 0.3) is 0 Å². The number of aromatic nitrogens is 2. The Morgan fingerprint density at radius 2 is 2.19 bits per heavy atom. The molecule has 0 radical (unpaired) electrons. The van der Waals surface area contributed by atoms with Gasteiger partial charge in [-0.2, -0.15) is 16.9 Å². The lowest BCUT2D eigenvalue weighted by Gasteiger charge is -2.13. The van der Waals surface area contributed by atoms with E-state index >= 15 is 0 Å². The van der Waals surface area contributed by atoms with Crippen molar-refractivity contribution in [3.05, 3.63) is 5.69 Å². The molecule has 0 aliphatic heterocycles. The molecule has 0 saturated heterocycles. The van der Waals surface area contributed by atoms with E-state index in [9.17, 15) is 0 Å². The Balaban J connectivity index is 2.69. The monoisotopic (exact) mass is 242 g/mol. The zero-order chi connectivity index (χ0) is 12.1. The summed E-state index contributed by atoms with van der Waals surface area (Å²) in [6.45, 7) is 7.11. The number of hydrogen-bond acceptors (Lipinski definition) is 4. The zero-order valence-corrected chi connectivity index (χ0v) is 11.4. The van der Waals surface area contributed by atoms with Crippen molar-refractivity contribution in [2.75, 3.05) is 29.6 Å². The summed E-state index contributed by atoms with van der Waals surface area (Å²) < 4.78 is 1.96. The molecule has 0 aliphatic carbocycles. The molecule has 4 nitrogen and oxygen atoms in total.